The summed E-state index contributed by atoms with van der Waals surface area (Å²) in [6.45, 7) is 5.21. The SMILES string of the molecule is CNC(=O)CN1CCN([C@H](C)C(=O)Nc2ccc(F)cc2)CC1. The van der Waals surface area contributed by atoms with Crippen molar-refractivity contribution >= 4 is 17.5 Å². The van der Waals surface area contributed by atoms with E-state index in [-0.39, 0.29) is 23.7 Å². The standard InChI is InChI=1S/C16H23FN4O2/c1-12(16(23)19-14-5-3-13(17)4-6-14)21-9-7-20(8-10-21)11-15(22)18-2/h3-6,12H,7-11H2,1-2H3,(H,18,22)(H,19,23)/t12-/m1/s1. The van der Waals surface area contributed by atoms with Crippen LogP contribution in [0.15, 0.2) is 24.3 Å². The third kappa shape index (κ3) is 5.01. The minimum atomic E-state index is -0.330. The lowest BCUT2D eigenvalue weighted by Gasteiger charge is -2.37. The van der Waals surface area contributed by atoms with Gasteiger partial charge in [-0.05, 0) is 31.2 Å². The highest BCUT2D eigenvalue weighted by Gasteiger charge is 2.26. The molecule has 2 amide bonds. The highest BCUT2D eigenvalue weighted by atomic mass is 19.1. The predicted octanol–water partition coefficient (Wildman–Crippen LogP) is 0.516. The largest absolute Gasteiger partial charge is 0.358 e. The number of piperazine rings is 1. The van der Waals surface area contributed by atoms with Gasteiger partial charge in [0.2, 0.25) is 11.8 Å². The molecular weight excluding hydrogens is 299 g/mol. The molecule has 1 atom stereocenters. The Bertz CT molecular complexity index is 542. The molecule has 2 N–H and O–H groups in total. The first kappa shape index (κ1) is 17.4. The Morgan fingerprint density at radius 1 is 1.17 bits per heavy atom. The van der Waals surface area contributed by atoms with E-state index in [2.05, 4.69) is 20.4 Å². The molecule has 1 aliphatic rings. The van der Waals surface area contributed by atoms with Gasteiger partial charge < -0.3 is 10.6 Å². The number of anilines is 1. The fourth-order valence-corrected chi connectivity index (χ4v) is 2.54. The molecule has 2 rings (SSSR count). The Labute approximate surface area is 135 Å². The number of nitrogens with one attached hydrogen (secondary N) is 2. The molecule has 1 aromatic carbocycles. The number of nitrogens with zero attached hydrogens (tertiary/aromatic N) is 2. The number of carbonyl (C=O) groups excluding carboxylic acids is 2. The average molecular weight is 322 g/mol. The quantitative estimate of drug-likeness (QED) is 0.829. The lowest BCUT2D eigenvalue weighted by molar-refractivity contribution is -0.124. The first-order chi connectivity index (χ1) is 11.0. The monoisotopic (exact) mass is 322 g/mol. The van der Waals surface area contributed by atoms with Gasteiger partial charge >= 0.3 is 0 Å². The molecule has 0 aromatic heterocycles. The van der Waals surface area contributed by atoms with Crippen molar-refractivity contribution in [2.75, 3.05) is 45.1 Å². The van der Waals surface area contributed by atoms with Crippen LogP contribution in [-0.4, -0.2) is 67.4 Å². The van der Waals surface area contributed by atoms with Crippen molar-refractivity contribution in [3.8, 4) is 0 Å². The number of likely N-dealkylation sites (N-methyl/N-ethyl adjacent to an activating group) is 1. The zero-order valence-electron chi connectivity index (χ0n) is 13.5. The molecule has 1 saturated heterocycles. The van der Waals surface area contributed by atoms with Gasteiger partial charge in [-0.1, -0.05) is 0 Å². The van der Waals surface area contributed by atoms with Crippen LogP contribution in [0, 0.1) is 5.82 Å². The predicted molar refractivity (Wildman–Crippen MR) is 86.6 cm³/mol. The van der Waals surface area contributed by atoms with E-state index >= 15 is 0 Å². The van der Waals surface area contributed by atoms with Gasteiger partial charge in [-0.3, -0.25) is 19.4 Å². The Morgan fingerprint density at radius 3 is 2.35 bits per heavy atom. The summed E-state index contributed by atoms with van der Waals surface area (Å²) in [5.41, 5.74) is 0.585. The normalized spacial score (nSPS) is 17.5. The van der Waals surface area contributed by atoms with Crippen molar-refractivity contribution in [1.29, 1.82) is 0 Å². The van der Waals surface area contributed by atoms with Gasteiger partial charge in [0.15, 0.2) is 0 Å². The van der Waals surface area contributed by atoms with Gasteiger partial charge in [-0.25, -0.2) is 4.39 Å². The van der Waals surface area contributed by atoms with Gasteiger partial charge in [0.05, 0.1) is 12.6 Å². The molecule has 0 saturated carbocycles. The van der Waals surface area contributed by atoms with Gasteiger partial charge in [0.1, 0.15) is 5.82 Å². The zero-order chi connectivity index (χ0) is 16.8. The molecule has 0 radical (unpaired) electrons. The van der Waals surface area contributed by atoms with Crippen LogP contribution in [0.1, 0.15) is 6.92 Å². The van der Waals surface area contributed by atoms with Crippen LogP contribution >= 0.6 is 0 Å². The van der Waals surface area contributed by atoms with Gasteiger partial charge in [-0.2, -0.15) is 0 Å². The maximum absolute atomic E-state index is 12.9. The second-order valence-electron chi connectivity index (χ2n) is 5.66. The number of rotatable bonds is 5. The minimum Gasteiger partial charge on any atom is -0.358 e. The summed E-state index contributed by atoms with van der Waals surface area (Å²) < 4.78 is 12.9. The van der Waals surface area contributed by atoms with E-state index in [0.717, 1.165) is 26.2 Å². The highest BCUT2D eigenvalue weighted by molar-refractivity contribution is 5.94. The Kier molecular flexibility index (Phi) is 6.06. The van der Waals surface area contributed by atoms with E-state index in [0.29, 0.717) is 12.2 Å². The molecular formula is C16H23FN4O2. The summed E-state index contributed by atoms with van der Waals surface area (Å²) in [7, 11) is 1.63. The van der Waals surface area contributed by atoms with Crippen molar-refractivity contribution in [3.05, 3.63) is 30.1 Å². The van der Waals surface area contributed by atoms with Crippen molar-refractivity contribution in [2.24, 2.45) is 0 Å². The van der Waals surface area contributed by atoms with E-state index in [1.165, 1.54) is 12.1 Å². The van der Waals surface area contributed by atoms with Crippen LogP contribution in [0.5, 0.6) is 0 Å². The second-order valence-corrected chi connectivity index (χ2v) is 5.66. The summed E-state index contributed by atoms with van der Waals surface area (Å²) in [4.78, 5) is 27.8. The van der Waals surface area contributed by atoms with Crippen LogP contribution in [0.25, 0.3) is 0 Å². The molecule has 1 aliphatic heterocycles. The van der Waals surface area contributed by atoms with Crippen molar-refractivity contribution < 1.29 is 14.0 Å². The molecule has 0 aliphatic carbocycles. The number of halogens is 1. The fraction of sp³-hybridized carbons (Fsp3) is 0.500. The number of hydrogen-bond acceptors (Lipinski definition) is 4. The highest BCUT2D eigenvalue weighted by Crippen LogP contribution is 2.11. The molecule has 7 heteroatoms. The molecule has 0 unspecified atom stereocenters. The summed E-state index contributed by atoms with van der Waals surface area (Å²) in [5, 5.41) is 5.40. The zero-order valence-corrected chi connectivity index (χ0v) is 13.5. The Balaban J connectivity index is 1.81. The summed E-state index contributed by atoms with van der Waals surface area (Å²) in [6.07, 6.45) is 0. The smallest absolute Gasteiger partial charge is 0.241 e. The van der Waals surface area contributed by atoms with Crippen LogP contribution in [0.3, 0.4) is 0 Å². The first-order valence-electron chi connectivity index (χ1n) is 7.73. The number of benzene rings is 1. The molecule has 1 heterocycles. The molecule has 1 fully saturated rings. The van der Waals surface area contributed by atoms with Crippen LogP contribution < -0.4 is 10.6 Å². The molecule has 6 nitrogen and oxygen atoms in total. The van der Waals surface area contributed by atoms with E-state index in [1.54, 1.807) is 19.2 Å². The third-order valence-electron chi connectivity index (χ3n) is 4.09. The Morgan fingerprint density at radius 2 is 1.78 bits per heavy atom. The minimum absolute atomic E-state index is 0.000511. The van der Waals surface area contributed by atoms with Crippen LogP contribution in [-0.2, 0) is 9.59 Å². The average Bonchev–Trinajstić information content (AvgIpc) is 2.56. The van der Waals surface area contributed by atoms with Gasteiger partial charge in [0, 0.05) is 38.9 Å². The second kappa shape index (κ2) is 8.03. The van der Waals surface area contributed by atoms with Crippen molar-refractivity contribution in [1.82, 2.24) is 15.1 Å². The van der Waals surface area contributed by atoms with E-state index < -0.39 is 0 Å². The van der Waals surface area contributed by atoms with Gasteiger partial charge in [0.25, 0.3) is 0 Å². The molecule has 0 spiro atoms. The van der Waals surface area contributed by atoms with Crippen molar-refractivity contribution in [3.63, 3.8) is 0 Å². The number of carbonyl (C=O) groups is 2. The van der Waals surface area contributed by atoms with E-state index in [1.807, 2.05) is 6.92 Å². The Hall–Kier alpha value is -1.99. The van der Waals surface area contributed by atoms with E-state index in [4.69, 9.17) is 0 Å². The maximum atomic E-state index is 12.9. The van der Waals surface area contributed by atoms with Gasteiger partial charge in [-0.15, -0.1) is 0 Å². The fourth-order valence-electron chi connectivity index (χ4n) is 2.54. The first-order valence-corrected chi connectivity index (χ1v) is 7.73. The summed E-state index contributed by atoms with van der Waals surface area (Å²) >= 11 is 0. The number of hydrogen-bond donors (Lipinski definition) is 2. The third-order valence-corrected chi connectivity index (χ3v) is 4.09. The molecule has 0 bridgehead atoms. The van der Waals surface area contributed by atoms with Crippen LogP contribution in [0.4, 0.5) is 10.1 Å². The lowest BCUT2D eigenvalue weighted by atomic mass is 10.2. The maximum Gasteiger partial charge on any atom is 0.241 e. The molecule has 23 heavy (non-hydrogen) atoms. The molecule has 1 aromatic rings. The molecule has 126 valence electrons. The topological polar surface area (TPSA) is 64.7 Å². The number of amides is 2. The van der Waals surface area contributed by atoms with E-state index in [9.17, 15) is 14.0 Å². The summed E-state index contributed by atoms with van der Waals surface area (Å²) in [5.74, 6) is -0.444. The summed E-state index contributed by atoms with van der Waals surface area (Å²) in [6, 6.07) is 5.44. The van der Waals surface area contributed by atoms with Crippen molar-refractivity contribution in [2.45, 2.75) is 13.0 Å². The van der Waals surface area contributed by atoms with Crippen LogP contribution in [0.2, 0.25) is 0 Å². The lowest BCUT2D eigenvalue weighted by Crippen LogP contribution is -2.54.